The number of aryl methyl sites for hydroxylation is 3. The molecular formula is C16H23N3O. The van der Waals surface area contributed by atoms with E-state index in [1.54, 1.807) is 0 Å². The molecule has 0 amide bonds. The average molecular weight is 273 g/mol. The van der Waals surface area contributed by atoms with Crippen LogP contribution in [0.4, 0.5) is 0 Å². The summed E-state index contributed by atoms with van der Waals surface area (Å²) in [4.78, 5) is 6.75. The SMILES string of the molecule is Cc1ccnc(CC(C)N(C)Cc2c(C)noc2C)c1. The van der Waals surface area contributed by atoms with Gasteiger partial charge in [0.25, 0.3) is 0 Å². The molecule has 1 atom stereocenters. The van der Waals surface area contributed by atoms with Crippen LogP contribution in [0.15, 0.2) is 22.9 Å². The Kier molecular flexibility index (Phi) is 4.55. The fraction of sp³-hybridized carbons (Fsp3) is 0.500. The van der Waals surface area contributed by atoms with Crippen LogP contribution >= 0.6 is 0 Å². The molecule has 0 spiro atoms. The molecule has 0 aliphatic carbocycles. The first-order valence-electron chi connectivity index (χ1n) is 7.01. The predicted molar refractivity (Wildman–Crippen MR) is 79.6 cm³/mol. The Morgan fingerprint density at radius 2 is 2.05 bits per heavy atom. The van der Waals surface area contributed by atoms with Crippen LogP contribution in [0.1, 0.15) is 35.2 Å². The molecule has 0 radical (unpaired) electrons. The van der Waals surface area contributed by atoms with E-state index < -0.39 is 0 Å². The Morgan fingerprint density at radius 3 is 2.65 bits per heavy atom. The molecule has 0 fully saturated rings. The topological polar surface area (TPSA) is 42.2 Å². The minimum absolute atomic E-state index is 0.415. The van der Waals surface area contributed by atoms with Crippen LogP contribution in [-0.2, 0) is 13.0 Å². The highest BCUT2D eigenvalue weighted by Gasteiger charge is 2.16. The number of pyridine rings is 1. The summed E-state index contributed by atoms with van der Waals surface area (Å²) in [5, 5.41) is 4.01. The fourth-order valence-corrected chi connectivity index (χ4v) is 2.30. The zero-order valence-corrected chi connectivity index (χ0v) is 13.0. The number of aromatic nitrogens is 2. The normalized spacial score (nSPS) is 12.9. The zero-order valence-electron chi connectivity index (χ0n) is 13.0. The van der Waals surface area contributed by atoms with Gasteiger partial charge in [0, 0.05) is 36.5 Å². The van der Waals surface area contributed by atoms with Crippen molar-refractivity contribution in [2.75, 3.05) is 7.05 Å². The third kappa shape index (κ3) is 3.45. The van der Waals surface area contributed by atoms with Gasteiger partial charge in [-0.3, -0.25) is 9.88 Å². The van der Waals surface area contributed by atoms with Gasteiger partial charge < -0.3 is 4.52 Å². The molecular weight excluding hydrogens is 250 g/mol. The second kappa shape index (κ2) is 6.18. The first kappa shape index (κ1) is 14.7. The highest BCUT2D eigenvalue weighted by molar-refractivity contribution is 5.21. The molecule has 0 saturated heterocycles. The maximum atomic E-state index is 5.22. The lowest BCUT2D eigenvalue weighted by molar-refractivity contribution is 0.245. The van der Waals surface area contributed by atoms with Gasteiger partial charge in [0.15, 0.2) is 0 Å². The van der Waals surface area contributed by atoms with Gasteiger partial charge in [0.2, 0.25) is 0 Å². The summed E-state index contributed by atoms with van der Waals surface area (Å²) in [5.74, 6) is 0.912. The van der Waals surface area contributed by atoms with Crippen LogP contribution in [-0.4, -0.2) is 28.1 Å². The molecule has 2 heterocycles. The lowest BCUT2D eigenvalue weighted by Gasteiger charge is -2.24. The second-order valence-electron chi connectivity index (χ2n) is 5.60. The summed E-state index contributed by atoms with van der Waals surface area (Å²) in [5.41, 5.74) is 4.57. The molecule has 0 aliphatic rings. The van der Waals surface area contributed by atoms with Crippen LogP contribution in [0.3, 0.4) is 0 Å². The Morgan fingerprint density at radius 1 is 1.30 bits per heavy atom. The van der Waals surface area contributed by atoms with Crippen molar-refractivity contribution in [3.8, 4) is 0 Å². The minimum atomic E-state index is 0.415. The van der Waals surface area contributed by atoms with Crippen molar-refractivity contribution < 1.29 is 4.52 Å². The molecule has 2 aromatic rings. The Bertz CT molecular complexity index is 557. The van der Waals surface area contributed by atoms with Crippen LogP contribution in [0.2, 0.25) is 0 Å². The van der Waals surface area contributed by atoms with E-state index in [4.69, 9.17) is 4.52 Å². The second-order valence-corrected chi connectivity index (χ2v) is 5.60. The van der Waals surface area contributed by atoms with E-state index in [2.05, 4.69) is 42.0 Å². The maximum Gasteiger partial charge on any atom is 0.138 e. The van der Waals surface area contributed by atoms with Gasteiger partial charge in [-0.15, -0.1) is 0 Å². The number of rotatable bonds is 5. The van der Waals surface area contributed by atoms with E-state index >= 15 is 0 Å². The minimum Gasteiger partial charge on any atom is -0.361 e. The van der Waals surface area contributed by atoms with Gasteiger partial charge in [-0.2, -0.15) is 0 Å². The van der Waals surface area contributed by atoms with E-state index in [0.717, 1.165) is 30.1 Å². The molecule has 0 saturated carbocycles. The number of nitrogens with zero attached hydrogens (tertiary/aromatic N) is 3. The zero-order chi connectivity index (χ0) is 14.7. The van der Waals surface area contributed by atoms with Crippen molar-refractivity contribution in [3.05, 3.63) is 46.6 Å². The van der Waals surface area contributed by atoms with Gasteiger partial charge >= 0.3 is 0 Å². The molecule has 2 rings (SSSR count). The standard InChI is InChI=1S/C16H23N3O/c1-11-6-7-17-15(8-11)9-12(2)19(5)10-16-13(3)18-20-14(16)4/h6-8,12H,9-10H2,1-5H3. The summed E-state index contributed by atoms with van der Waals surface area (Å²) < 4.78 is 5.22. The Hall–Kier alpha value is -1.68. The third-order valence-electron chi connectivity index (χ3n) is 3.82. The number of hydrogen-bond donors (Lipinski definition) is 0. The lowest BCUT2D eigenvalue weighted by Crippen LogP contribution is -2.31. The fourth-order valence-electron chi connectivity index (χ4n) is 2.30. The van der Waals surface area contributed by atoms with Crippen LogP contribution in [0, 0.1) is 20.8 Å². The van der Waals surface area contributed by atoms with E-state index in [0.29, 0.717) is 6.04 Å². The van der Waals surface area contributed by atoms with E-state index in [1.165, 1.54) is 11.1 Å². The van der Waals surface area contributed by atoms with Crippen molar-refractivity contribution in [2.24, 2.45) is 0 Å². The molecule has 108 valence electrons. The summed E-state index contributed by atoms with van der Waals surface area (Å²) in [7, 11) is 2.13. The van der Waals surface area contributed by atoms with Crippen molar-refractivity contribution in [3.63, 3.8) is 0 Å². The van der Waals surface area contributed by atoms with E-state index in [9.17, 15) is 0 Å². The van der Waals surface area contributed by atoms with Gasteiger partial charge in [-0.05, 0) is 52.4 Å². The van der Waals surface area contributed by atoms with Crippen LogP contribution in [0.5, 0.6) is 0 Å². The first-order valence-corrected chi connectivity index (χ1v) is 7.01. The molecule has 0 aromatic carbocycles. The average Bonchev–Trinajstić information content (AvgIpc) is 2.70. The van der Waals surface area contributed by atoms with Gasteiger partial charge in [-0.1, -0.05) is 5.16 Å². The summed E-state index contributed by atoms with van der Waals surface area (Å²) in [6, 6.07) is 4.60. The van der Waals surface area contributed by atoms with Crippen molar-refractivity contribution >= 4 is 0 Å². The molecule has 0 bridgehead atoms. The molecule has 1 unspecified atom stereocenters. The summed E-state index contributed by atoms with van der Waals surface area (Å²) in [6.07, 6.45) is 2.83. The highest BCUT2D eigenvalue weighted by atomic mass is 16.5. The highest BCUT2D eigenvalue weighted by Crippen LogP contribution is 2.16. The van der Waals surface area contributed by atoms with Crippen molar-refractivity contribution in [1.82, 2.24) is 15.0 Å². The smallest absolute Gasteiger partial charge is 0.138 e. The Labute approximate surface area is 120 Å². The largest absolute Gasteiger partial charge is 0.361 e. The molecule has 4 nitrogen and oxygen atoms in total. The predicted octanol–water partition coefficient (Wildman–Crippen LogP) is 3.06. The Balaban J connectivity index is 2.00. The van der Waals surface area contributed by atoms with Crippen LogP contribution in [0.25, 0.3) is 0 Å². The van der Waals surface area contributed by atoms with Crippen LogP contribution < -0.4 is 0 Å². The number of hydrogen-bond acceptors (Lipinski definition) is 4. The molecule has 20 heavy (non-hydrogen) atoms. The number of likely N-dealkylation sites (N-methyl/N-ethyl adjacent to an activating group) is 1. The van der Waals surface area contributed by atoms with Crippen molar-refractivity contribution in [1.29, 1.82) is 0 Å². The monoisotopic (exact) mass is 273 g/mol. The van der Waals surface area contributed by atoms with E-state index in [-0.39, 0.29) is 0 Å². The summed E-state index contributed by atoms with van der Waals surface area (Å²) >= 11 is 0. The van der Waals surface area contributed by atoms with E-state index in [1.807, 2.05) is 26.1 Å². The molecule has 0 N–H and O–H groups in total. The molecule has 4 heteroatoms. The van der Waals surface area contributed by atoms with Crippen molar-refractivity contribution in [2.45, 2.75) is 46.7 Å². The quantitative estimate of drug-likeness (QED) is 0.839. The van der Waals surface area contributed by atoms with Gasteiger partial charge in [0.1, 0.15) is 5.76 Å². The van der Waals surface area contributed by atoms with Gasteiger partial charge in [0.05, 0.1) is 5.69 Å². The third-order valence-corrected chi connectivity index (χ3v) is 3.82. The molecule has 0 aliphatic heterocycles. The molecule has 2 aromatic heterocycles. The summed E-state index contributed by atoms with van der Waals surface area (Å²) in [6.45, 7) is 9.14. The van der Waals surface area contributed by atoms with Gasteiger partial charge in [-0.25, -0.2) is 0 Å². The maximum absolute atomic E-state index is 5.22. The first-order chi connectivity index (χ1) is 9.47. The lowest BCUT2D eigenvalue weighted by atomic mass is 10.1.